The van der Waals surface area contributed by atoms with Gasteiger partial charge in [0.15, 0.2) is 0 Å². The second-order valence-corrected chi connectivity index (χ2v) is 6.23. The van der Waals surface area contributed by atoms with E-state index in [1.807, 2.05) is 0 Å². The molecule has 0 radical (unpaired) electrons. The monoisotopic (exact) mass is 344 g/mol. The van der Waals surface area contributed by atoms with Gasteiger partial charge in [-0.1, -0.05) is 15.9 Å². The Kier molecular flexibility index (Phi) is 3.35. The summed E-state index contributed by atoms with van der Waals surface area (Å²) in [5.74, 6) is -0.233. The van der Waals surface area contributed by atoms with Crippen molar-refractivity contribution in [3.63, 3.8) is 0 Å². The highest BCUT2D eigenvalue weighted by atomic mass is 79.9. The van der Waals surface area contributed by atoms with E-state index in [-0.39, 0.29) is 5.75 Å². The lowest BCUT2D eigenvalue weighted by atomic mass is 10.1. The van der Waals surface area contributed by atoms with E-state index in [9.17, 15) is 21.6 Å². The summed E-state index contributed by atoms with van der Waals surface area (Å²) < 4.78 is 63.5. The van der Waals surface area contributed by atoms with Gasteiger partial charge in [-0.3, -0.25) is 0 Å². The molecule has 0 fully saturated rings. The van der Waals surface area contributed by atoms with Gasteiger partial charge in [0.2, 0.25) is 0 Å². The van der Waals surface area contributed by atoms with Crippen LogP contribution in [0.25, 0.3) is 0 Å². The van der Waals surface area contributed by atoms with Crippen molar-refractivity contribution in [3.05, 3.63) is 27.7 Å². The molecule has 0 heterocycles. The normalized spacial score (nSPS) is 15.6. The summed E-state index contributed by atoms with van der Waals surface area (Å²) in [6.45, 7) is 0. The molecular weight excluding hydrogens is 337 g/mol. The zero-order chi connectivity index (χ0) is 13.6. The Morgan fingerprint density at radius 3 is 2.39 bits per heavy atom. The number of hydrogen-bond acceptors (Lipinski definition) is 3. The SMILES string of the molecule is O=S(=O)(Oc1ccc(Br)c2c1CCC2)C(F)(F)F. The highest BCUT2D eigenvalue weighted by Crippen LogP contribution is 2.37. The minimum Gasteiger partial charge on any atom is -0.376 e. The average Bonchev–Trinajstić information content (AvgIpc) is 2.70. The Labute approximate surface area is 110 Å². The van der Waals surface area contributed by atoms with Crippen molar-refractivity contribution in [2.24, 2.45) is 0 Å². The van der Waals surface area contributed by atoms with Crippen LogP contribution in [0, 0.1) is 0 Å². The predicted octanol–water partition coefficient (Wildman–Crippen LogP) is 3.17. The highest BCUT2D eigenvalue weighted by molar-refractivity contribution is 9.10. The van der Waals surface area contributed by atoms with Crippen LogP contribution in [-0.4, -0.2) is 13.9 Å². The molecule has 0 unspecified atom stereocenters. The molecule has 0 aromatic heterocycles. The van der Waals surface area contributed by atoms with Gasteiger partial charge in [-0.15, -0.1) is 0 Å². The van der Waals surface area contributed by atoms with Crippen molar-refractivity contribution < 1.29 is 25.8 Å². The Hall–Kier alpha value is -0.760. The molecule has 1 aliphatic rings. The molecule has 0 saturated carbocycles. The number of halogens is 4. The first-order valence-corrected chi connectivity index (χ1v) is 7.23. The summed E-state index contributed by atoms with van der Waals surface area (Å²) in [4.78, 5) is 0. The summed E-state index contributed by atoms with van der Waals surface area (Å²) in [7, 11) is -5.60. The van der Waals surface area contributed by atoms with Crippen molar-refractivity contribution in [2.45, 2.75) is 24.8 Å². The number of benzene rings is 1. The van der Waals surface area contributed by atoms with E-state index in [2.05, 4.69) is 20.1 Å². The van der Waals surface area contributed by atoms with Crippen LogP contribution in [0.2, 0.25) is 0 Å². The highest BCUT2D eigenvalue weighted by Gasteiger charge is 2.49. The molecule has 0 amide bonds. The number of hydrogen-bond donors (Lipinski definition) is 0. The molecule has 0 atom stereocenters. The maximum absolute atomic E-state index is 12.2. The van der Waals surface area contributed by atoms with E-state index in [4.69, 9.17) is 0 Å². The third-order valence-electron chi connectivity index (χ3n) is 2.67. The fourth-order valence-electron chi connectivity index (χ4n) is 1.87. The summed E-state index contributed by atoms with van der Waals surface area (Å²) in [6.07, 6.45) is 1.97. The summed E-state index contributed by atoms with van der Waals surface area (Å²) in [5.41, 5.74) is -4.08. The lowest BCUT2D eigenvalue weighted by Gasteiger charge is -2.13. The minimum atomic E-state index is -5.60. The van der Waals surface area contributed by atoms with Gasteiger partial charge >= 0.3 is 15.6 Å². The van der Waals surface area contributed by atoms with Crippen molar-refractivity contribution in [3.8, 4) is 5.75 Å². The van der Waals surface area contributed by atoms with Crippen LogP contribution in [0.15, 0.2) is 16.6 Å². The first-order chi connectivity index (χ1) is 8.22. The van der Waals surface area contributed by atoms with Crippen molar-refractivity contribution in [1.82, 2.24) is 0 Å². The second kappa shape index (κ2) is 4.41. The van der Waals surface area contributed by atoms with Gasteiger partial charge in [-0.05, 0) is 37.0 Å². The van der Waals surface area contributed by atoms with Gasteiger partial charge in [0.05, 0.1) is 0 Å². The Balaban J connectivity index is 2.41. The van der Waals surface area contributed by atoms with Gasteiger partial charge in [0, 0.05) is 10.0 Å². The molecule has 1 aromatic carbocycles. The van der Waals surface area contributed by atoms with E-state index in [1.165, 1.54) is 12.1 Å². The summed E-state index contributed by atoms with van der Waals surface area (Å²) in [6, 6.07) is 2.73. The minimum absolute atomic E-state index is 0.233. The Bertz CT molecular complexity index is 581. The van der Waals surface area contributed by atoms with E-state index < -0.39 is 15.6 Å². The fraction of sp³-hybridized carbons (Fsp3) is 0.400. The van der Waals surface area contributed by atoms with Crippen LogP contribution >= 0.6 is 15.9 Å². The molecule has 2 rings (SSSR count). The molecule has 18 heavy (non-hydrogen) atoms. The largest absolute Gasteiger partial charge is 0.534 e. The van der Waals surface area contributed by atoms with Crippen LogP contribution < -0.4 is 4.18 Å². The first-order valence-electron chi connectivity index (χ1n) is 5.03. The zero-order valence-corrected chi connectivity index (χ0v) is 11.3. The van der Waals surface area contributed by atoms with Gasteiger partial charge in [0.1, 0.15) is 5.75 Å². The predicted molar refractivity (Wildman–Crippen MR) is 61.8 cm³/mol. The summed E-state index contributed by atoms with van der Waals surface area (Å²) >= 11 is 3.27. The van der Waals surface area contributed by atoms with Crippen molar-refractivity contribution in [2.75, 3.05) is 0 Å². The van der Waals surface area contributed by atoms with E-state index in [1.54, 1.807) is 0 Å². The molecule has 0 saturated heterocycles. The van der Waals surface area contributed by atoms with Crippen molar-refractivity contribution >= 4 is 26.0 Å². The lowest BCUT2D eigenvalue weighted by molar-refractivity contribution is -0.0500. The Morgan fingerprint density at radius 2 is 1.78 bits per heavy atom. The van der Waals surface area contributed by atoms with Crippen LogP contribution in [-0.2, 0) is 23.0 Å². The maximum atomic E-state index is 12.2. The molecule has 0 spiro atoms. The maximum Gasteiger partial charge on any atom is 0.534 e. The summed E-state index contributed by atoms with van der Waals surface area (Å²) in [5, 5.41) is 0. The quantitative estimate of drug-likeness (QED) is 0.611. The molecule has 0 N–H and O–H groups in total. The standard InChI is InChI=1S/C10H8BrF3O3S/c11-8-4-5-9(7-3-1-2-6(7)8)17-18(15,16)10(12,13)14/h4-5H,1-3H2. The van der Waals surface area contributed by atoms with E-state index >= 15 is 0 Å². The first kappa shape index (κ1) is 13.7. The number of rotatable bonds is 2. The third-order valence-corrected chi connectivity index (χ3v) is 4.38. The Morgan fingerprint density at radius 1 is 1.17 bits per heavy atom. The molecule has 3 nitrogen and oxygen atoms in total. The van der Waals surface area contributed by atoms with Crippen LogP contribution in [0.5, 0.6) is 5.75 Å². The van der Waals surface area contributed by atoms with Gasteiger partial charge < -0.3 is 4.18 Å². The molecule has 100 valence electrons. The number of fused-ring (bicyclic) bond motifs is 1. The lowest BCUT2D eigenvalue weighted by Crippen LogP contribution is -2.28. The number of alkyl halides is 3. The van der Waals surface area contributed by atoms with Crippen LogP contribution in [0.3, 0.4) is 0 Å². The smallest absolute Gasteiger partial charge is 0.376 e. The zero-order valence-electron chi connectivity index (χ0n) is 8.92. The molecule has 8 heteroatoms. The average molecular weight is 345 g/mol. The van der Waals surface area contributed by atoms with Gasteiger partial charge in [-0.2, -0.15) is 21.6 Å². The molecule has 1 aromatic rings. The van der Waals surface area contributed by atoms with Crippen LogP contribution in [0.4, 0.5) is 13.2 Å². The second-order valence-electron chi connectivity index (χ2n) is 3.84. The van der Waals surface area contributed by atoms with E-state index in [0.717, 1.165) is 16.5 Å². The molecular formula is C10H8BrF3O3S. The molecule has 0 aliphatic heterocycles. The topological polar surface area (TPSA) is 43.4 Å². The third kappa shape index (κ3) is 2.35. The van der Waals surface area contributed by atoms with Gasteiger partial charge in [0.25, 0.3) is 0 Å². The molecule has 1 aliphatic carbocycles. The van der Waals surface area contributed by atoms with Gasteiger partial charge in [-0.25, -0.2) is 0 Å². The van der Waals surface area contributed by atoms with Crippen molar-refractivity contribution in [1.29, 1.82) is 0 Å². The van der Waals surface area contributed by atoms with Crippen LogP contribution in [0.1, 0.15) is 17.5 Å². The molecule has 0 bridgehead atoms. The fourth-order valence-corrected chi connectivity index (χ4v) is 2.93. The van der Waals surface area contributed by atoms with E-state index in [0.29, 0.717) is 18.4 Å².